The summed E-state index contributed by atoms with van der Waals surface area (Å²) in [7, 11) is -4.34. The van der Waals surface area contributed by atoms with Gasteiger partial charge in [-0.25, -0.2) is 12.8 Å². The summed E-state index contributed by atoms with van der Waals surface area (Å²) in [4.78, 5) is 29.3. The van der Waals surface area contributed by atoms with Crippen molar-refractivity contribution in [3.63, 3.8) is 0 Å². The second kappa shape index (κ2) is 14.9. The Kier molecular flexibility index (Phi) is 11.3. The highest BCUT2D eigenvalue weighted by molar-refractivity contribution is 7.92. The summed E-state index contributed by atoms with van der Waals surface area (Å²) in [6, 6.07) is 24.1. The van der Waals surface area contributed by atoms with E-state index in [2.05, 4.69) is 5.32 Å². The molecule has 0 radical (unpaired) electrons. The van der Waals surface area contributed by atoms with Crippen LogP contribution in [0.15, 0.2) is 102 Å². The van der Waals surface area contributed by atoms with Gasteiger partial charge in [-0.15, -0.1) is 0 Å². The van der Waals surface area contributed by atoms with E-state index in [1.807, 2.05) is 37.3 Å². The number of amides is 2. The van der Waals surface area contributed by atoms with Crippen molar-refractivity contribution in [2.45, 2.75) is 50.7 Å². The molecule has 236 valence electrons. The molecule has 4 rings (SSSR count). The van der Waals surface area contributed by atoms with E-state index in [-0.39, 0.29) is 45.2 Å². The van der Waals surface area contributed by atoms with Crippen LogP contribution in [0.3, 0.4) is 0 Å². The van der Waals surface area contributed by atoms with E-state index < -0.39 is 40.2 Å². The minimum Gasteiger partial charge on any atom is -0.352 e. The Morgan fingerprint density at radius 1 is 0.867 bits per heavy atom. The molecule has 0 aliphatic heterocycles. The van der Waals surface area contributed by atoms with Crippen molar-refractivity contribution in [1.82, 2.24) is 10.2 Å². The highest BCUT2D eigenvalue weighted by Crippen LogP contribution is 2.30. The number of hydrogen-bond donors (Lipinski definition) is 1. The molecule has 0 spiro atoms. The summed E-state index contributed by atoms with van der Waals surface area (Å²) in [5.41, 5.74) is 1.83. The van der Waals surface area contributed by atoms with Gasteiger partial charge in [0.2, 0.25) is 11.8 Å². The van der Waals surface area contributed by atoms with Gasteiger partial charge in [0.15, 0.2) is 0 Å². The maximum absolute atomic E-state index is 15.0. The zero-order chi connectivity index (χ0) is 32.7. The maximum atomic E-state index is 15.0. The first-order valence-electron chi connectivity index (χ1n) is 14.3. The van der Waals surface area contributed by atoms with Crippen LogP contribution in [-0.2, 0) is 32.6 Å². The van der Waals surface area contributed by atoms with Gasteiger partial charge in [-0.2, -0.15) is 0 Å². The van der Waals surface area contributed by atoms with Crippen LogP contribution in [0.2, 0.25) is 10.0 Å². The molecule has 0 heterocycles. The first-order valence-corrected chi connectivity index (χ1v) is 16.5. The third kappa shape index (κ3) is 8.84. The van der Waals surface area contributed by atoms with Crippen LogP contribution in [0.4, 0.5) is 10.1 Å². The minimum atomic E-state index is -4.34. The Hall–Kier alpha value is -3.92. The predicted molar refractivity (Wildman–Crippen MR) is 176 cm³/mol. The number of halogens is 3. The van der Waals surface area contributed by atoms with Crippen LogP contribution in [0.25, 0.3) is 0 Å². The van der Waals surface area contributed by atoms with E-state index in [0.29, 0.717) is 0 Å². The fraction of sp³-hybridized carbons (Fsp3) is 0.235. The van der Waals surface area contributed by atoms with Crippen LogP contribution in [0.5, 0.6) is 0 Å². The van der Waals surface area contributed by atoms with Gasteiger partial charge < -0.3 is 10.2 Å². The van der Waals surface area contributed by atoms with Crippen LogP contribution < -0.4 is 9.62 Å². The molecule has 4 aromatic carbocycles. The molecule has 0 aliphatic carbocycles. The molecule has 1 N–H and O–H groups in total. The second-order valence-corrected chi connectivity index (χ2v) is 13.7. The molecule has 0 fully saturated rings. The van der Waals surface area contributed by atoms with E-state index in [9.17, 15) is 18.0 Å². The van der Waals surface area contributed by atoms with Gasteiger partial charge in [-0.05, 0) is 62.7 Å². The molecule has 4 aromatic rings. The maximum Gasteiger partial charge on any atom is 0.264 e. The van der Waals surface area contributed by atoms with Crippen LogP contribution in [0, 0.1) is 12.7 Å². The van der Waals surface area contributed by atoms with Crippen LogP contribution >= 0.6 is 23.2 Å². The molecule has 0 bridgehead atoms. The SMILES string of the molecule is Cc1ccc(S(=O)(=O)N(CC(=O)N(Cc2ccccc2F)C(Cc2ccccc2)C(=O)NC(C)C)c2cc(Cl)cc(Cl)c2)cc1. The Morgan fingerprint density at radius 3 is 2.07 bits per heavy atom. The highest BCUT2D eigenvalue weighted by atomic mass is 35.5. The molecule has 0 aliphatic rings. The van der Waals surface area contributed by atoms with Gasteiger partial charge in [-0.1, -0.05) is 89.4 Å². The van der Waals surface area contributed by atoms with E-state index >= 15 is 4.39 Å². The van der Waals surface area contributed by atoms with Gasteiger partial charge in [-0.3, -0.25) is 13.9 Å². The van der Waals surface area contributed by atoms with E-state index in [4.69, 9.17) is 23.2 Å². The molecule has 45 heavy (non-hydrogen) atoms. The number of hydrogen-bond acceptors (Lipinski definition) is 4. The number of rotatable bonds is 12. The Balaban J connectivity index is 1.84. The van der Waals surface area contributed by atoms with Crippen molar-refractivity contribution in [3.8, 4) is 0 Å². The van der Waals surface area contributed by atoms with Crippen molar-refractivity contribution < 1.29 is 22.4 Å². The quantitative estimate of drug-likeness (QED) is 0.180. The van der Waals surface area contributed by atoms with Crippen molar-refractivity contribution in [2.24, 2.45) is 0 Å². The monoisotopic (exact) mass is 669 g/mol. The molecule has 2 amide bonds. The lowest BCUT2D eigenvalue weighted by atomic mass is 10.0. The summed E-state index contributed by atoms with van der Waals surface area (Å²) in [5, 5.41) is 3.19. The van der Waals surface area contributed by atoms with Gasteiger partial charge in [0.25, 0.3) is 10.0 Å². The number of carbonyl (C=O) groups is 2. The molecular weight excluding hydrogens is 636 g/mol. The second-order valence-electron chi connectivity index (χ2n) is 10.9. The Labute approximate surface area is 273 Å². The lowest BCUT2D eigenvalue weighted by molar-refractivity contribution is -0.140. The molecule has 0 saturated carbocycles. The first-order chi connectivity index (χ1) is 21.3. The lowest BCUT2D eigenvalue weighted by Crippen LogP contribution is -2.54. The van der Waals surface area contributed by atoms with Crippen molar-refractivity contribution >= 4 is 50.7 Å². The third-order valence-corrected chi connectivity index (χ3v) is 9.25. The summed E-state index contributed by atoms with van der Waals surface area (Å²) >= 11 is 12.5. The van der Waals surface area contributed by atoms with Crippen molar-refractivity contribution in [3.05, 3.63) is 130 Å². The summed E-state index contributed by atoms with van der Waals surface area (Å²) in [6.45, 7) is 4.40. The average molecular weight is 671 g/mol. The number of benzene rings is 4. The Morgan fingerprint density at radius 2 is 1.47 bits per heavy atom. The largest absolute Gasteiger partial charge is 0.352 e. The number of sulfonamides is 1. The number of nitrogens with one attached hydrogen (secondary N) is 1. The van der Waals surface area contributed by atoms with E-state index in [1.165, 1.54) is 53.4 Å². The van der Waals surface area contributed by atoms with Crippen LogP contribution in [0.1, 0.15) is 30.5 Å². The molecule has 1 unspecified atom stereocenters. The van der Waals surface area contributed by atoms with Crippen LogP contribution in [-0.4, -0.2) is 43.8 Å². The fourth-order valence-electron chi connectivity index (χ4n) is 4.79. The summed E-state index contributed by atoms with van der Waals surface area (Å²) in [6.07, 6.45) is 0.104. The molecule has 0 saturated heterocycles. The normalized spacial score (nSPS) is 12.1. The zero-order valence-corrected chi connectivity index (χ0v) is 27.4. The fourth-order valence-corrected chi connectivity index (χ4v) is 6.71. The van der Waals surface area contributed by atoms with Crippen molar-refractivity contribution in [1.29, 1.82) is 0 Å². The molecule has 0 aromatic heterocycles. The average Bonchev–Trinajstić information content (AvgIpc) is 2.98. The molecular formula is C34H34Cl2FN3O4S. The zero-order valence-electron chi connectivity index (χ0n) is 25.1. The number of carbonyl (C=O) groups excluding carboxylic acids is 2. The van der Waals surface area contributed by atoms with Gasteiger partial charge in [0.05, 0.1) is 10.6 Å². The van der Waals surface area contributed by atoms with E-state index in [1.54, 1.807) is 32.0 Å². The number of anilines is 1. The van der Waals surface area contributed by atoms with Gasteiger partial charge in [0, 0.05) is 34.6 Å². The minimum absolute atomic E-state index is 0.0542. The van der Waals surface area contributed by atoms with Gasteiger partial charge >= 0.3 is 0 Å². The van der Waals surface area contributed by atoms with Crippen molar-refractivity contribution in [2.75, 3.05) is 10.8 Å². The number of nitrogens with zero attached hydrogens (tertiary/aromatic N) is 2. The smallest absolute Gasteiger partial charge is 0.264 e. The highest BCUT2D eigenvalue weighted by Gasteiger charge is 2.35. The lowest BCUT2D eigenvalue weighted by Gasteiger charge is -2.34. The third-order valence-electron chi connectivity index (χ3n) is 7.02. The standard InChI is InChI=1S/C34H34Cl2FN3O4S/c1-23(2)38-34(42)32(17-25-9-5-4-6-10-25)39(21-26-11-7-8-12-31(26)37)33(41)22-40(29-19-27(35)18-28(36)20-29)45(43,44)30-15-13-24(3)14-16-30/h4-16,18-20,23,32H,17,21-22H2,1-3H3,(H,38,42). The first kappa shape index (κ1) is 34.0. The molecule has 11 heteroatoms. The summed E-state index contributed by atoms with van der Waals surface area (Å²) in [5.74, 6) is -1.76. The van der Waals surface area contributed by atoms with E-state index in [0.717, 1.165) is 15.4 Å². The Bertz CT molecular complexity index is 1730. The predicted octanol–water partition coefficient (Wildman–Crippen LogP) is 6.80. The summed E-state index contributed by atoms with van der Waals surface area (Å²) < 4.78 is 44.1. The number of aryl methyl sites for hydroxylation is 1. The molecule has 1 atom stereocenters. The topological polar surface area (TPSA) is 86.8 Å². The van der Waals surface area contributed by atoms with Gasteiger partial charge in [0.1, 0.15) is 18.4 Å². The molecule has 7 nitrogen and oxygen atoms in total.